The maximum Gasteiger partial charge on any atom is 0.389 e. The maximum atomic E-state index is 11.0. The van der Waals surface area contributed by atoms with Crippen LogP contribution in [0.2, 0.25) is 0 Å². The van der Waals surface area contributed by atoms with Crippen molar-refractivity contribution >= 4 is 5.97 Å². The van der Waals surface area contributed by atoms with Gasteiger partial charge in [-0.3, -0.25) is 0 Å². The second-order valence-corrected chi connectivity index (χ2v) is 3.02. The Morgan fingerprint density at radius 3 is 2.62 bits per heavy atom. The predicted molar refractivity (Wildman–Crippen MR) is 51.2 cm³/mol. The van der Waals surface area contributed by atoms with Gasteiger partial charge in [0.25, 0.3) is 0 Å². The summed E-state index contributed by atoms with van der Waals surface area (Å²) >= 11 is 0. The summed E-state index contributed by atoms with van der Waals surface area (Å²) in [4.78, 5) is 14.2. The SMILES string of the molecule is [C-]#[N+][C@H](CCCCCC)C(=O)OC. The van der Waals surface area contributed by atoms with E-state index in [-0.39, 0.29) is 0 Å². The van der Waals surface area contributed by atoms with Crippen LogP contribution in [0.1, 0.15) is 39.0 Å². The third-order valence-electron chi connectivity index (χ3n) is 1.96. The van der Waals surface area contributed by atoms with Gasteiger partial charge in [-0.05, 0) is 6.42 Å². The molecule has 0 heterocycles. The molecule has 0 aromatic rings. The predicted octanol–water partition coefficient (Wildman–Crippen LogP) is 2.42. The first-order chi connectivity index (χ1) is 6.26. The van der Waals surface area contributed by atoms with Gasteiger partial charge < -0.3 is 9.58 Å². The van der Waals surface area contributed by atoms with Crippen molar-refractivity contribution in [3.63, 3.8) is 0 Å². The lowest BCUT2D eigenvalue weighted by Gasteiger charge is -2.02. The highest BCUT2D eigenvalue weighted by molar-refractivity contribution is 5.77. The van der Waals surface area contributed by atoms with Crippen LogP contribution in [0.25, 0.3) is 4.85 Å². The highest BCUT2D eigenvalue weighted by Gasteiger charge is 2.22. The van der Waals surface area contributed by atoms with Crippen LogP contribution in [0.5, 0.6) is 0 Å². The van der Waals surface area contributed by atoms with E-state index in [1.807, 2.05) is 0 Å². The zero-order valence-corrected chi connectivity index (χ0v) is 8.38. The molecule has 3 heteroatoms. The molecule has 0 aromatic carbocycles. The second-order valence-electron chi connectivity index (χ2n) is 3.02. The van der Waals surface area contributed by atoms with Crippen LogP contribution in [0.3, 0.4) is 0 Å². The van der Waals surface area contributed by atoms with E-state index in [2.05, 4.69) is 16.5 Å². The van der Waals surface area contributed by atoms with Crippen molar-refractivity contribution in [2.24, 2.45) is 0 Å². The summed E-state index contributed by atoms with van der Waals surface area (Å²) in [6, 6.07) is -0.582. The van der Waals surface area contributed by atoms with Crippen molar-refractivity contribution in [3.8, 4) is 0 Å². The molecule has 0 amide bonds. The topological polar surface area (TPSA) is 30.7 Å². The maximum absolute atomic E-state index is 11.0. The lowest BCUT2D eigenvalue weighted by atomic mass is 10.1. The van der Waals surface area contributed by atoms with Crippen LogP contribution in [-0.4, -0.2) is 19.1 Å². The van der Waals surface area contributed by atoms with Crippen molar-refractivity contribution in [2.75, 3.05) is 7.11 Å². The lowest BCUT2D eigenvalue weighted by molar-refractivity contribution is -0.141. The molecule has 0 saturated heterocycles. The van der Waals surface area contributed by atoms with Crippen molar-refractivity contribution in [1.29, 1.82) is 0 Å². The molecule has 0 aromatic heterocycles. The van der Waals surface area contributed by atoms with E-state index in [4.69, 9.17) is 6.57 Å². The third kappa shape index (κ3) is 5.24. The molecule has 0 unspecified atom stereocenters. The van der Waals surface area contributed by atoms with Crippen molar-refractivity contribution in [3.05, 3.63) is 11.4 Å². The van der Waals surface area contributed by atoms with E-state index in [0.29, 0.717) is 6.42 Å². The number of esters is 1. The monoisotopic (exact) mass is 183 g/mol. The minimum absolute atomic E-state index is 0.397. The summed E-state index contributed by atoms with van der Waals surface area (Å²) in [5.41, 5.74) is 0. The van der Waals surface area contributed by atoms with Gasteiger partial charge >= 0.3 is 12.0 Å². The number of nitrogens with zero attached hydrogens (tertiary/aromatic N) is 1. The minimum atomic E-state index is -0.582. The summed E-state index contributed by atoms with van der Waals surface area (Å²) < 4.78 is 4.51. The summed E-state index contributed by atoms with van der Waals surface area (Å²) in [5, 5.41) is 0. The average Bonchev–Trinajstić information content (AvgIpc) is 2.17. The highest BCUT2D eigenvalue weighted by atomic mass is 16.5. The Labute approximate surface area is 79.9 Å². The Balaban J connectivity index is 3.62. The van der Waals surface area contributed by atoms with Crippen LogP contribution < -0.4 is 0 Å². The van der Waals surface area contributed by atoms with E-state index in [1.54, 1.807) is 0 Å². The molecular formula is C10H17NO2. The number of hydrogen-bond donors (Lipinski definition) is 0. The number of rotatable bonds is 6. The lowest BCUT2D eigenvalue weighted by Crippen LogP contribution is -2.18. The Bertz CT molecular complexity index is 184. The number of methoxy groups -OCH3 is 1. The molecule has 0 aliphatic heterocycles. The molecule has 0 N–H and O–H groups in total. The van der Waals surface area contributed by atoms with Gasteiger partial charge in [-0.1, -0.05) is 26.2 Å². The number of ether oxygens (including phenoxy) is 1. The van der Waals surface area contributed by atoms with Gasteiger partial charge in [-0.2, -0.15) is 0 Å². The first kappa shape index (κ1) is 12.0. The molecule has 0 aliphatic carbocycles. The van der Waals surface area contributed by atoms with Crippen LogP contribution in [0.15, 0.2) is 0 Å². The molecule has 13 heavy (non-hydrogen) atoms. The molecule has 0 saturated carbocycles. The molecule has 3 nitrogen and oxygen atoms in total. The fourth-order valence-electron chi connectivity index (χ4n) is 1.14. The van der Waals surface area contributed by atoms with Gasteiger partial charge in [0.1, 0.15) is 0 Å². The molecule has 0 spiro atoms. The standard InChI is InChI=1S/C10H17NO2/c1-4-5-6-7-8-9(11-2)10(12)13-3/h9H,4-8H2,1,3H3/t9-/m1/s1. The van der Waals surface area contributed by atoms with Gasteiger partial charge in [0, 0.05) is 6.42 Å². The van der Waals surface area contributed by atoms with E-state index >= 15 is 0 Å². The van der Waals surface area contributed by atoms with Crippen molar-refractivity contribution < 1.29 is 9.53 Å². The minimum Gasteiger partial charge on any atom is -0.463 e. The largest absolute Gasteiger partial charge is 0.463 e. The Kier molecular flexibility index (Phi) is 6.99. The van der Waals surface area contributed by atoms with Gasteiger partial charge in [0.05, 0.1) is 7.11 Å². The highest BCUT2D eigenvalue weighted by Crippen LogP contribution is 2.09. The normalized spacial score (nSPS) is 11.8. The molecular weight excluding hydrogens is 166 g/mol. The molecule has 0 rings (SSSR count). The first-order valence-corrected chi connectivity index (χ1v) is 4.70. The molecule has 0 aliphatic rings. The zero-order chi connectivity index (χ0) is 10.1. The van der Waals surface area contributed by atoms with Crippen molar-refractivity contribution in [1.82, 2.24) is 0 Å². The van der Waals surface area contributed by atoms with Gasteiger partial charge in [0.2, 0.25) is 0 Å². The number of carbonyl (C=O) groups is 1. The van der Waals surface area contributed by atoms with E-state index in [1.165, 1.54) is 20.0 Å². The Morgan fingerprint density at radius 2 is 2.15 bits per heavy atom. The summed E-state index contributed by atoms with van der Waals surface area (Å²) in [5.74, 6) is -0.397. The molecule has 1 atom stereocenters. The van der Waals surface area contributed by atoms with Crippen LogP contribution in [0, 0.1) is 6.57 Å². The number of hydrogen-bond acceptors (Lipinski definition) is 2. The Morgan fingerprint density at radius 1 is 1.46 bits per heavy atom. The van der Waals surface area contributed by atoms with Gasteiger partial charge in [-0.25, -0.2) is 11.4 Å². The molecule has 0 bridgehead atoms. The Hall–Kier alpha value is -1.04. The number of carbonyl (C=O) groups excluding carboxylic acids is 1. The summed E-state index contributed by atoms with van der Waals surface area (Å²) in [6.07, 6.45) is 5.01. The summed E-state index contributed by atoms with van der Waals surface area (Å²) in [6.45, 7) is 8.93. The average molecular weight is 183 g/mol. The zero-order valence-electron chi connectivity index (χ0n) is 8.38. The second kappa shape index (κ2) is 7.60. The van der Waals surface area contributed by atoms with E-state index in [0.717, 1.165) is 12.8 Å². The number of unbranched alkanes of at least 4 members (excludes halogenated alkanes) is 3. The fraction of sp³-hybridized carbons (Fsp3) is 0.800. The van der Waals surface area contributed by atoms with Crippen molar-refractivity contribution in [2.45, 2.75) is 45.1 Å². The van der Waals surface area contributed by atoms with Crippen LogP contribution in [0.4, 0.5) is 0 Å². The third-order valence-corrected chi connectivity index (χ3v) is 1.96. The smallest absolute Gasteiger partial charge is 0.389 e. The van der Waals surface area contributed by atoms with E-state index in [9.17, 15) is 4.79 Å². The van der Waals surface area contributed by atoms with E-state index < -0.39 is 12.0 Å². The first-order valence-electron chi connectivity index (χ1n) is 4.70. The summed E-state index contributed by atoms with van der Waals surface area (Å²) in [7, 11) is 1.33. The molecule has 0 fully saturated rings. The fourth-order valence-corrected chi connectivity index (χ4v) is 1.14. The van der Waals surface area contributed by atoms with Gasteiger partial charge in [0.15, 0.2) is 0 Å². The van der Waals surface area contributed by atoms with Crippen LogP contribution in [-0.2, 0) is 9.53 Å². The molecule has 0 radical (unpaired) electrons. The van der Waals surface area contributed by atoms with Crippen LogP contribution >= 0.6 is 0 Å². The quantitative estimate of drug-likeness (QED) is 0.359. The molecule has 74 valence electrons. The van der Waals surface area contributed by atoms with Gasteiger partial charge in [-0.15, -0.1) is 0 Å².